The van der Waals surface area contributed by atoms with E-state index in [1.54, 1.807) is 7.11 Å². The van der Waals surface area contributed by atoms with Crippen molar-refractivity contribution < 1.29 is 17.5 Å². The van der Waals surface area contributed by atoms with Gasteiger partial charge >= 0.3 is 0 Å². The molecular formula is C22H24FN5O3S. The highest BCUT2D eigenvalue weighted by Gasteiger charge is 2.20. The van der Waals surface area contributed by atoms with E-state index in [2.05, 4.69) is 27.1 Å². The van der Waals surface area contributed by atoms with Crippen molar-refractivity contribution in [2.75, 3.05) is 20.2 Å². The quantitative estimate of drug-likeness (QED) is 0.547. The number of para-hydroxylation sites is 1. The van der Waals surface area contributed by atoms with Gasteiger partial charge in [-0.25, -0.2) is 27.6 Å². The van der Waals surface area contributed by atoms with Crippen molar-refractivity contribution >= 4 is 10.0 Å². The molecule has 0 saturated carbocycles. The fourth-order valence-electron chi connectivity index (χ4n) is 3.66. The molecule has 10 heteroatoms. The maximum Gasteiger partial charge on any atom is 0.238 e. The molecule has 0 saturated heterocycles. The van der Waals surface area contributed by atoms with E-state index in [-0.39, 0.29) is 10.6 Å². The molecule has 168 valence electrons. The number of sulfonamides is 1. The maximum absolute atomic E-state index is 14.9. The van der Waals surface area contributed by atoms with Crippen molar-refractivity contribution in [3.05, 3.63) is 77.6 Å². The smallest absolute Gasteiger partial charge is 0.238 e. The van der Waals surface area contributed by atoms with Gasteiger partial charge in [-0.15, -0.1) is 5.10 Å². The van der Waals surface area contributed by atoms with E-state index in [1.165, 1.54) is 16.8 Å². The maximum atomic E-state index is 14.9. The summed E-state index contributed by atoms with van der Waals surface area (Å²) in [5.74, 6) is 1.00. The van der Waals surface area contributed by atoms with Crippen LogP contribution in [0.5, 0.6) is 5.75 Å². The molecule has 4 rings (SSSR count). The van der Waals surface area contributed by atoms with Crippen molar-refractivity contribution in [3.8, 4) is 11.4 Å². The summed E-state index contributed by atoms with van der Waals surface area (Å²) in [5.41, 5.74) is 0.970. The number of nitrogens with zero attached hydrogens (tertiary/aromatic N) is 4. The molecule has 3 aromatic rings. The third kappa shape index (κ3) is 4.87. The lowest BCUT2D eigenvalue weighted by molar-refractivity contribution is 0.283. The lowest BCUT2D eigenvalue weighted by atomic mass is 10.1. The molecule has 0 fully saturated rings. The summed E-state index contributed by atoms with van der Waals surface area (Å²) < 4.78 is 45.0. The molecule has 2 heterocycles. The molecule has 32 heavy (non-hydrogen) atoms. The topological polar surface area (TPSA) is 103 Å². The lowest BCUT2D eigenvalue weighted by Crippen LogP contribution is -2.27. The summed E-state index contributed by atoms with van der Waals surface area (Å²) in [7, 11) is -2.43. The average Bonchev–Trinajstić information content (AvgIpc) is 3.15. The minimum Gasteiger partial charge on any atom is -0.496 e. The predicted molar refractivity (Wildman–Crippen MR) is 118 cm³/mol. The van der Waals surface area contributed by atoms with Crippen molar-refractivity contribution in [1.29, 1.82) is 0 Å². The average molecular weight is 458 g/mol. The molecule has 1 aliphatic rings. The van der Waals surface area contributed by atoms with Crippen molar-refractivity contribution in [3.63, 3.8) is 0 Å². The van der Waals surface area contributed by atoms with Gasteiger partial charge in [0.15, 0.2) is 5.82 Å². The Morgan fingerprint density at radius 3 is 2.69 bits per heavy atom. The molecule has 0 radical (unpaired) electrons. The van der Waals surface area contributed by atoms with Gasteiger partial charge in [-0.2, -0.15) is 0 Å². The number of benzene rings is 2. The van der Waals surface area contributed by atoms with E-state index in [0.717, 1.165) is 31.1 Å². The third-order valence-corrected chi connectivity index (χ3v) is 6.15. The zero-order valence-corrected chi connectivity index (χ0v) is 18.4. The zero-order chi connectivity index (χ0) is 22.7. The van der Waals surface area contributed by atoms with Gasteiger partial charge in [0.2, 0.25) is 10.0 Å². The second-order valence-electron chi connectivity index (χ2n) is 7.50. The fourth-order valence-corrected chi connectivity index (χ4v) is 4.18. The number of primary sulfonamides is 1. The fraction of sp³-hybridized carbons (Fsp3) is 0.273. The van der Waals surface area contributed by atoms with Gasteiger partial charge in [0, 0.05) is 25.1 Å². The normalized spacial score (nSPS) is 14.6. The van der Waals surface area contributed by atoms with Crippen LogP contribution in [0, 0.1) is 5.82 Å². The van der Waals surface area contributed by atoms with Crippen LogP contribution in [-0.4, -0.2) is 48.3 Å². The Bertz CT molecular complexity index is 1260. The first-order valence-corrected chi connectivity index (χ1v) is 11.7. The minimum atomic E-state index is -4.02. The van der Waals surface area contributed by atoms with Crippen LogP contribution < -0.4 is 9.88 Å². The third-order valence-electron chi connectivity index (χ3n) is 5.24. The molecule has 0 atom stereocenters. The monoisotopic (exact) mass is 457 g/mol. The van der Waals surface area contributed by atoms with Crippen LogP contribution in [0.1, 0.15) is 23.6 Å². The second-order valence-corrected chi connectivity index (χ2v) is 9.06. The van der Waals surface area contributed by atoms with E-state index < -0.39 is 15.8 Å². The Balaban J connectivity index is 1.74. The van der Waals surface area contributed by atoms with E-state index >= 15 is 0 Å². The van der Waals surface area contributed by atoms with Crippen LogP contribution in [0.3, 0.4) is 0 Å². The van der Waals surface area contributed by atoms with Gasteiger partial charge in [-0.05, 0) is 30.7 Å². The highest BCUT2D eigenvalue weighted by molar-refractivity contribution is 7.89. The van der Waals surface area contributed by atoms with E-state index in [0.29, 0.717) is 30.4 Å². The van der Waals surface area contributed by atoms with Crippen molar-refractivity contribution in [2.45, 2.75) is 24.3 Å². The Labute approximate surface area is 186 Å². The van der Waals surface area contributed by atoms with E-state index in [1.807, 2.05) is 24.3 Å². The Morgan fingerprint density at radius 2 is 2.00 bits per heavy atom. The van der Waals surface area contributed by atoms with Gasteiger partial charge in [-0.1, -0.05) is 30.4 Å². The van der Waals surface area contributed by atoms with Crippen molar-refractivity contribution in [2.24, 2.45) is 5.14 Å². The van der Waals surface area contributed by atoms with Crippen LogP contribution in [0.25, 0.3) is 5.69 Å². The van der Waals surface area contributed by atoms with Crippen LogP contribution >= 0.6 is 0 Å². The molecule has 8 nitrogen and oxygen atoms in total. The second kappa shape index (κ2) is 9.19. The number of hydrogen-bond donors (Lipinski definition) is 1. The molecule has 0 amide bonds. The Kier molecular flexibility index (Phi) is 6.35. The number of rotatable bonds is 7. The first kappa shape index (κ1) is 22.1. The summed E-state index contributed by atoms with van der Waals surface area (Å²) >= 11 is 0. The highest BCUT2D eigenvalue weighted by atomic mass is 32.2. The summed E-state index contributed by atoms with van der Waals surface area (Å²) in [6.45, 7) is 2.21. The molecule has 0 aliphatic carbocycles. The number of methoxy groups -OCH3 is 1. The van der Waals surface area contributed by atoms with Gasteiger partial charge in [0.1, 0.15) is 23.1 Å². The molecule has 1 aliphatic heterocycles. The summed E-state index contributed by atoms with van der Waals surface area (Å²) in [6.07, 6.45) is 5.55. The summed E-state index contributed by atoms with van der Waals surface area (Å²) in [6, 6.07) is 11.0. The molecular weight excluding hydrogens is 433 g/mol. The SMILES string of the molecule is COc1ccccc1Cc1nc(CN2CC=CCC2)nn1-c1ccc(S(N)(=O)=O)cc1F. The molecule has 0 spiro atoms. The van der Waals surface area contributed by atoms with Gasteiger partial charge in [0.05, 0.1) is 18.6 Å². The lowest BCUT2D eigenvalue weighted by Gasteiger charge is -2.20. The largest absolute Gasteiger partial charge is 0.496 e. The Hall–Kier alpha value is -3.08. The van der Waals surface area contributed by atoms with Gasteiger partial charge < -0.3 is 4.74 Å². The molecule has 0 bridgehead atoms. The Morgan fingerprint density at radius 1 is 1.19 bits per heavy atom. The van der Waals surface area contributed by atoms with Crippen LogP contribution in [0.4, 0.5) is 4.39 Å². The number of hydrogen-bond acceptors (Lipinski definition) is 6. The summed E-state index contributed by atoms with van der Waals surface area (Å²) in [4.78, 5) is 6.59. The van der Waals surface area contributed by atoms with Crippen LogP contribution in [-0.2, 0) is 23.0 Å². The predicted octanol–water partition coefficient (Wildman–Crippen LogP) is 2.42. The number of nitrogens with two attached hydrogens (primary N) is 1. The number of halogens is 1. The standard InChI is InChI=1S/C22H24FN5O3S/c1-31-20-8-4-3-7-16(20)13-22-25-21(15-27-11-5-2-6-12-27)26-28(22)19-10-9-17(14-18(19)23)32(24,29)30/h2-5,7-10,14H,6,11-13,15H2,1H3,(H2,24,29,30). The molecule has 0 unspecified atom stereocenters. The van der Waals surface area contributed by atoms with Gasteiger partial charge in [0.25, 0.3) is 0 Å². The zero-order valence-electron chi connectivity index (χ0n) is 17.6. The first-order valence-electron chi connectivity index (χ1n) is 10.1. The molecule has 2 N–H and O–H groups in total. The highest BCUT2D eigenvalue weighted by Crippen LogP contribution is 2.24. The molecule has 2 aromatic carbocycles. The molecule has 1 aromatic heterocycles. The van der Waals surface area contributed by atoms with Crippen LogP contribution in [0.15, 0.2) is 59.5 Å². The van der Waals surface area contributed by atoms with E-state index in [4.69, 9.17) is 9.88 Å². The van der Waals surface area contributed by atoms with E-state index in [9.17, 15) is 12.8 Å². The van der Waals surface area contributed by atoms with Crippen LogP contribution in [0.2, 0.25) is 0 Å². The number of aromatic nitrogens is 3. The minimum absolute atomic E-state index is 0.0968. The summed E-state index contributed by atoms with van der Waals surface area (Å²) in [5, 5.41) is 9.69. The van der Waals surface area contributed by atoms with Crippen molar-refractivity contribution in [1.82, 2.24) is 19.7 Å². The first-order chi connectivity index (χ1) is 15.3. The number of ether oxygens (including phenoxy) is 1. The van der Waals surface area contributed by atoms with Gasteiger partial charge in [-0.3, -0.25) is 4.90 Å².